The molecule has 3 nitrogen and oxygen atoms in total. The second kappa shape index (κ2) is 5.51. The van der Waals surface area contributed by atoms with Crippen molar-refractivity contribution in [3.63, 3.8) is 0 Å². The predicted octanol–water partition coefficient (Wildman–Crippen LogP) is 4.23. The minimum atomic E-state index is 0.711. The number of hydrogen-bond donors (Lipinski definition) is 1. The van der Waals surface area contributed by atoms with Gasteiger partial charge in [0.05, 0.1) is 17.3 Å². The smallest absolute Gasteiger partial charge is 0.184 e. The highest BCUT2D eigenvalue weighted by Crippen LogP contribution is 2.28. The van der Waals surface area contributed by atoms with E-state index in [4.69, 9.17) is 4.74 Å². The maximum Gasteiger partial charge on any atom is 0.184 e. The van der Waals surface area contributed by atoms with Crippen molar-refractivity contribution in [2.75, 3.05) is 12.4 Å². The molecule has 0 unspecified atom stereocenters. The molecule has 1 aromatic heterocycles. The summed E-state index contributed by atoms with van der Waals surface area (Å²) in [5, 5.41) is 4.32. The molecular formula is C16H16N2OS. The summed E-state index contributed by atoms with van der Waals surface area (Å²) in [4.78, 5) is 4.65. The fraction of sp³-hybridized carbons (Fsp3) is 0.188. The van der Waals surface area contributed by atoms with Gasteiger partial charge < -0.3 is 10.1 Å². The lowest BCUT2D eigenvalue weighted by Crippen LogP contribution is -2.01. The van der Waals surface area contributed by atoms with Gasteiger partial charge in [0.1, 0.15) is 5.75 Å². The Morgan fingerprint density at radius 2 is 2.00 bits per heavy atom. The fourth-order valence-corrected chi connectivity index (χ4v) is 3.12. The Morgan fingerprint density at radius 1 is 1.15 bits per heavy atom. The van der Waals surface area contributed by atoms with E-state index in [0.717, 1.165) is 22.0 Å². The highest BCUT2D eigenvalue weighted by molar-refractivity contribution is 7.22. The molecule has 0 aliphatic heterocycles. The highest BCUT2D eigenvalue weighted by atomic mass is 32.1. The number of rotatable bonds is 4. The van der Waals surface area contributed by atoms with Crippen LogP contribution in [0.15, 0.2) is 42.5 Å². The van der Waals surface area contributed by atoms with Gasteiger partial charge in [-0.3, -0.25) is 0 Å². The molecule has 0 saturated carbocycles. The molecule has 0 saturated heterocycles. The summed E-state index contributed by atoms with van der Waals surface area (Å²) in [5.41, 5.74) is 3.43. The van der Waals surface area contributed by atoms with Crippen molar-refractivity contribution in [3.05, 3.63) is 53.6 Å². The lowest BCUT2D eigenvalue weighted by Gasteiger charge is -2.08. The first-order valence-corrected chi connectivity index (χ1v) is 7.31. The average Bonchev–Trinajstić information content (AvgIpc) is 2.90. The average molecular weight is 284 g/mol. The maximum absolute atomic E-state index is 5.35. The Labute approximate surface area is 122 Å². The van der Waals surface area contributed by atoms with Crippen LogP contribution in [0, 0.1) is 6.92 Å². The number of aryl methyl sites for hydroxylation is 1. The minimum absolute atomic E-state index is 0.711. The maximum atomic E-state index is 5.35. The minimum Gasteiger partial charge on any atom is -0.496 e. The van der Waals surface area contributed by atoms with Crippen LogP contribution in [0.25, 0.3) is 10.2 Å². The zero-order valence-corrected chi connectivity index (χ0v) is 12.3. The second-order valence-corrected chi connectivity index (χ2v) is 5.64. The van der Waals surface area contributed by atoms with Crippen LogP contribution in [-0.4, -0.2) is 12.1 Å². The molecule has 0 aliphatic rings. The molecule has 1 heterocycles. The molecule has 3 aromatic rings. The number of thiazole rings is 1. The summed E-state index contributed by atoms with van der Waals surface area (Å²) in [5.74, 6) is 0.900. The van der Waals surface area contributed by atoms with Gasteiger partial charge in [0.15, 0.2) is 5.13 Å². The number of para-hydroxylation sites is 2. The normalized spacial score (nSPS) is 10.7. The molecule has 3 rings (SSSR count). The molecule has 1 N–H and O–H groups in total. The fourth-order valence-electron chi connectivity index (χ4n) is 2.18. The molecule has 0 spiro atoms. The van der Waals surface area contributed by atoms with E-state index in [9.17, 15) is 0 Å². The van der Waals surface area contributed by atoms with Crippen molar-refractivity contribution in [3.8, 4) is 5.75 Å². The molecular weight excluding hydrogens is 268 g/mol. The molecule has 102 valence electrons. The van der Waals surface area contributed by atoms with Gasteiger partial charge in [0.25, 0.3) is 0 Å². The molecule has 0 aliphatic carbocycles. The van der Waals surface area contributed by atoms with E-state index in [1.807, 2.05) is 18.2 Å². The number of nitrogens with zero attached hydrogens (tertiary/aromatic N) is 1. The third-order valence-corrected chi connectivity index (χ3v) is 4.22. The van der Waals surface area contributed by atoms with Gasteiger partial charge in [-0.25, -0.2) is 4.98 Å². The molecule has 4 heteroatoms. The number of ether oxygens (including phenoxy) is 1. The van der Waals surface area contributed by atoms with Crippen molar-refractivity contribution in [1.29, 1.82) is 0 Å². The van der Waals surface area contributed by atoms with E-state index < -0.39 is 0 Å². The summed E-state index contributed by atoms with van der Waals surface area (Å²) in [6.45, 7) is 2.80. The monoisotopic (exact) mass is 284 g/mol. The SMILES string of the molecule is COc1ccccc1CNc1nc2c(C)cccc2s1. The Hall–Kier alpha value is -2.07. The second-order valence-electron chi connectivity index (χ2n) is 4.61. The number of benzene rings is 2. The van der Waals surface area contributed by atoms with Crippen molar-refractivity contribution in [2.45, 2.75) is 13.5 Å². The van der Waals surface area contributed by atoms with Crippen LogP contribution < -0.4 is 10.1 Å². The van der Waals surface area contributed by atoms with Gasteiger partial charge in [0, 0.05) is 12.1 Å². The molecule has 2 aromatic carbocycles. The van der Waals surface area contributed by atoms with Crippen molar-refractivity contribution < 1.29 is 4.74 Å². The Bertz CT molecular complexity index is 736. The summed E-state index contributed by atoms with van der Waals surface area (Å²) in [6, 6.07) is 14.3. The molecule has 0 fully saturated rings. The number of nitrogens with one attached hydrogen (secondary N) is 1. The lowest BCUT2D eigenvalue weighted by atomic mass is 10.2. The van der Waals surface area contributed by atoms with Crippen LogP contribution >= 0.6 is 11.3 Å². The number of aromatic nitrogens is 1. The first-order valence-electron chi connectivity index (χ1n) is 6.50. The Balaban J connectivity index is 1.82. The lowest BCUT2D eigenvalue weighted by molar-refractivity contribution is 0.410. The van der Waals surface area contributed by atoms with Gasteiger partial charge in [-0.1, -0.05) is 41.7 Å². The van der Waals surface area contributed by atoms with Gasteiger partial charge >= 0.3 is 0 Å². The van der Waals surface area contributed by atoms with Crippen LogP contribution in [-0.2, 0) is 6.54 Å². The third kappa shape index (κ3) is 2.47. The van der Waals surface area contributed by atoms with E-state index in [0.29, 0.717) is 6.54 Å². The topological polar surface area (TPSA) is 34.1 Å². The molecule has 0 radical (unpaired) electrons. The van der Waals surface area contributed by atoms with E-state index >= 15 is 0 Å². The number of fused-ring (bicyclic) bond motifs is 1. The van der Waals surface area contributed by atoms with Crippen LogP contribution in [0.4, 0.5) is 5.13 Å². The van der Waals surface area contributed by atoms with Gasteiger partial charge in [-0.15, -0.1) is 0 Å². The van der Waals surface area contributed by atoms with Gasteiger partial charge in [-0.2, -0.15) is 0 Å². The molecule has 0 amide bonds. The summed E-state index contributed by atoms with van der Waals surface area (Å²) in [6.07, 6.45) is 0. The first-order chi connectivity index (χ1) is 9.78. The molecule has 20 heavy (non-hydrogen) atoms. The summed E-state index contributed by atoms with van der Waals surface area (Å²) >= 11 is 1.68. The first kappa shape index (κ1) is 12.9. The Kier molecular flexibility index (Phi) is 3.56. The standard InChI is InChI=1S/C16H16N2OS/c1-11-6-5-9-14-15(11)18-16(20-14)17-10-12-7-3-4-8-13(12)19-2/h3-9H,10H2,1-2H3,(H,17,18). The third-order valence-electron chi connectivity index (χ3n) is 3.24. The van der Waals surface area contributed by atoms with E-state index in [1.54, 1.807) is 18.4 Å². The van der Waals surface area contributed by atoms with E-state index in [2.05, 4.69) is 41.5 Å². The summed E-state index contributed by atoms with van der Waals surface area (Å²) in [7, 11) is 1.69. The van der Waals surface area contributed by atoms with Crippen molar-refractivity contribution in [2.24, 2.45) is 0 Å². The van der Waals surface area contributed by atoms with E-state index in [-0.39, 0.29) is 0 Å². The number of anilines is 1. The quantitative estimate of drug-likeness (QED) is 0.778. The zero-order valence-electron chi connectivity index (χ0n) is 11.5. The summed E-state index contributed by atoms with van der Waals surface area (Å²) < 4.78 is 6.57. The van der Waals surface area contributed by atoms with Crippen LogP contribution in [0.3, 0.4) is 0 Å². The van der Waals surface area contributed by atoms with Crippen molar-refractivity contribution >= 4 is 26.7 Å². The highest BCUT2D eigenvalue weighted by Gasteiger charge is 2.06. The Morgan fingerprint density at radius 3 is 2.80 bits per heavy atom. The van der Waals surface area contributed by atoms with Crippen LogP contribution in [0.5, 0.6) is 5.75 Å². The van der Waals surface area contributed by atoms with Crippen LogP contribution in [0.1, 0.15) is 11.1 Å². The zero-order chi connectivity index (χ0) is 13.9. The number of hydrogen-bond acceptors (Lipinski definition) is 4. The van der Waals surface area contributed by atoms with Crippen LogP contribution in [0.2, 0.25) is 0 Å². The van der Waals surface area contributed by atoms with Gasteiger partial charge in [0.2, 0.25) is 0 Å². The predicted molar refractivity (Wildman–Crippen MR) is 84.7 cm³/mol. The molecule has 0 bridgehead atoms. The van der Waals surface area contributed by atoms with E-state index in [1.165, 1.54) is 10.3 Å². The largest absolute Gasteiger partial charge is 0.496 e. The van der Waals surface area contributed by atoms with Crippen molar-refractivity contribution in [1.82, 2.24) is 4.98 Å². The molecule has 0 atom stereocenters. The van der Waals surface area contributed by atoms with Gasteiger partial charge in [-0.05, 0) is 24.6 Å². The number of methoxy groups -OCH3 is 1.